The van der Waals surface area contributed by atoms with E-state index in [1.165, 1.54) is 6.20 Å². The lowest BCUT2D eigenvalue weighted by atomic mass is 10.2. The second kappa shape index (κ2) is 5.16. The Kier molecular flexibility index (Phi) is 3.61. The second-order valence-electron chi connectivity index (χ2n) is 3.31. The van der Waals surface area contributed by atoms with Gasteiger partial charge in [-0.1, -0.05) is 35.1 Å². The van der Waals surface area contributed by atoms with Crippen molar-refractivity contribution in [2.75, 3.05) is 5.32 Å². The summed E-state index contributed by atoms with van der Waals surface area (Å²) in [5.74, 6) is -0.956. The Hall–Kier alpha value is -1.59. The van der Waals surface area contributed by atoms with Crippen LogP contribution in [0.15, 0.2) is 30.5 Å². The van der Waals surface area contributed by atoms with E-state index in [0.717, 1.165) is 16.9 Å². The molecular weight excluding hydrogens is 260 g/mol. The van der Waals surface area contributed by atoms with E-state index in [1.807, 2.05) is 24.3 Å². The Morgan fingerprint density at radius 2 is 2.12 bits per heavy atom. The van der Waals surface area contributed by atoms with Gasteiger partial charge in [0, 0.05) is 11.6 Å². The standard InChI is InChI=1S/C11H9ClN2O2S/c12-8-3-1-7(2-4-8)5-13-11-14-6-9(17-11)10(15)16/h1-4,6H,5H2,(H,13,14)(H,15,16). The number of nitrogens with zero attached hydrogens (tertiary/aromatic N) is 1. The number of benzene rings is 1. The smallest absolute Gasteiger partial charge is 0.347 e. The summed E-state index contributed by atoms with van der Waals surface area (Å²) in [5.41, 5.74) is 1.06. The first-order valence-electron chi connectivity index (χ1n) is 4.82. The molecule has 0 fully saturated rings. The van der Waals surface area contributed by atoms with Gasteiger partial charge in [-0.25, -0.2) is 9.78 Å². The minimum Gasteiger partial charge on any atom is -0.477 e. The zero-order chi connectivity index (χ0) is 12.3. The zero-order valence-electron chi connectivity index (χ0n) is 8.68. The normalized spacial score (nSPS) is 10.2. The van der Waals surface area contributed by atoms with Gasteiger partial charge in [0.05, 0.1) is 6.20 Å². The van der Waals surface area contributed by atoms with E-state index in [2.05, 4.69) is 10.3 Å². The number of hydrogen-bond acceptors (Lipinski definition) is 4. The first-order valence-corrected chi connectivity index (χ1v) is 6.02. The van der Waals surface area contributed by atoms with Gasteiger partial charge in [-0.15, -0.1) is 0 Å². The third-order valence-corrected chi connectivity index (χ3v) is 3.27. The lowest BCUT2D eigenvalue weighted by Crippen LogP contribution is -1.98. The molecule has 0 aliphatic heterocycles. The first-order chi connectivity index (χ1) is 8.15. The number of carboxylic acid groups (broad SMARTS) is 1. The lowest BCUT2D eigenvalue weighted by Gasteiger charge is -2.02. The summed E-state index contributed by atoms with van der Waals surface area (Å²) in [4.78, 5) is 14.9. The van der Waals surface area contributed by atoms with Crippen molar-refractivity contribution in [3.05, 3.63) is 45.9 Å². The summed E-state index contributed by atoms with van der Waals surface area (Å²) in [6.45, 7) is 0.587. The van der Waals surface area contributed by atoms with Gasteiger partial charge in [0.1, 0.15) is 4.88 Å². The third kappa shape index (κ3) is 3.18. The highest BCUT2D eigenvalue weighted by atomic mass is 35.5. The van der Waals surface area contributed by atoms with Crippen LogP contribution in [0, 0.1) is 0 Å². The molecule has 2 rings (SSSR count). The number of hydrogen-bond donors (Lipinski definition) is 2. The van der Waals surface area contributed by atoms with Crippen LogP contribution >= 0.6 is 22.9 Å². The van der Waals surface area contributed by atoms with Crippen molar-refractivity contribution >= 4 is 34.0 Å². The summed E-state index contributed by atoms with van der Waals surface area (Å²) in [6, 6.07) is 7.42. The molecule has 0 aliphatic carbocycles. The average molecular weight is 269 g/mol. The molecule has 0 saturated heterocycles. The fourth-order valence-corrected chi connectivity index (χ4v) is 2.01. The van der Waals surface area contributed by atoms with Gasteiger partial charge in [0.2, 0.25) is 0 Å². The molecule has 0 unspecified atom stereocenters. The predicted octanol–water partition coefficient (Wildman–Crippen LogP) is 3.11. The maximum atomic E-state index is 10.7. The van der Waals surface area contributed by atoms with Crippen molar-refractivity contribution in [1.29, 1.82) is 0 Å². The van der Waals surface area contributed by atoms with E-state index >= 15 is 0 Å². The monoisotopic (exact) mass is 268 g/mol. The van der Waals surface area contributed by atoms with Crippen molar-refractivity contribution in [1.82, 2.24) is 4.98 Å². The Morgan fingerprint density at radius 3 is 2.71 bits per heavy atom. The fourth-order valence-electron chi connectivity index (χ4n) is 1.23. The molecule has 0 amide bonds. The lowest BCUT2D eigenvalue weighted by molar-refractivity contribution is 0.0702. The van der Waals surface area contributed by atoms with Crippen LogP contribution in [0.2, 0.25) is 5.02 Å². The van der Waals surface area contributed by atoms with Crippen LogP contribution in [0.4, 0.5) is 5.13 Å². The number of anilines is 1. The molecule has 1 aromatic heterocycles. The molecule has 0 radical (unpaired) electrons. The van der Waals surface area contributed by atoms with Crippen molar-refractivity contribution in [2.45, 2.75) is 6.54 Å². The van der Waals surface area contributed by atoms with Crippen LogP contribution in [0.5, 0.6) is 0 Å². The molecule has 2 aromatic rings. The van der Waals surface area contributed by atoms with E-state index in [1.54, 1.807) is 0 Å². The van der Waals surface area contributed by atoms with Crippen LogP contribution in [-0.4, -0.2) is 16.1 Å². The Balaban J connectivity index is 1.97. The second-order valence-corrected chi connectivity index (χ2v) is 4.78. The van der Waals surface area contributed by atoms with Gasteiger partial charge in [-0.05, 0) is 17.7 Å². The SMILES string of the molecule is O=C(O)c1cnc(NCc2ccc(Cl)cc2)s1. The maximum absolute atomic E-state index is 10.7. The number of aromatic nitrogens is 1. The largest absolute Gasteiger partial charge is 0.477 e. The summed E-state index contributed by atoms with van der Waals surface area (Å²) in [6.07, 6.45) is 1.34. The van der Waals surface area contributed by atoms with Crippen LogP contribution in [-0.2, 0) is 6.54 Å². The minimum absolute atomic E-state index is 0.226. The topological polar surface area (TPSA) is 62.2 Å². The van der Waals surface area contributed by atoms with E-state index < -0.39 is 5.97 Å². The van der Waals surface area contributed by atoms with Crippen LogP contribution in [0.3, 0.4) is 0 Å². The number of thiazole rings is 1. The average Bonchev–Trinajstić information content (AvgIpc) is 2.77. The summed E-state index contributed by atoms with van der Waals surface area (Å²) >= 11 is 6.89. The van der Waals surface area contributed by atoms with Gasteiger partial charge in [0.25, 0.3) is 0 Å². The molecule has 1 heterocycles. The predicted molar refractivity (Wildman–Crippen MR) is 67.9 cm³/mol. The Labute approximate surface area is 107 Å². The van der Waals surface area contributed by atoms with Crippen LogP contribution in [0.25, 0.3) is 0 Å². The molecule has 4 nitrogen and oxygen atoms in total. The molecule has 0 bridgehead atoms. The molecule has 17 heavy (non-hydrogen) atoms. The minimum atomic E-state index is -0.956. The fraction of sp³-hybridized carbons (Fsp3) is 0.0909. The molecule has 1 aromatic carbocycles. The highest BCUT2D eigenvalue weighted by Crippen LogP contribution is 2.19. The molecule has 6 heteroatoms. The van der Waals surface area contributed by atoms with Gasteiger partial charge in [0.15, 0.2) is 5.13 Å². The molecule has 0 atom stereocenters. The number of aromatic carboxylic acids is 1. The third-order valence-electron chi connectivity index (χ3n) is 2.07. The number of carbonyl (C=O) groups is 1. The number of rotatable bonds is 4. The number of carboxylic acids is 1. The number of nitrogens with one attached hydrogen (secondary N) is 1. The quantitative estimate of drug-likeness (QED) is 0.894. The zero-order valence-corrected chi connectivity index (χ0v) is 10.3. The molecular formula is C11H9ClN2O2S. The molecule has 0 aliphatic rings. The van der Waals surface area contributed by atoms with E-state index in [4.69, 9.17) is 16.7 Å². The van der Waals surface area contributed by atoms with Crippen molar-refractivity contribution < 1.29 is 9.90 Å². The first kappa shape index (κ1) is 11.9. The van der Waals surface area contributed by atoms with Crippen LogP contribution < -0.4 is 5.32 Å². The Morgan fingerprint density at radius 1 is 1.41 bits per heavy atom. The van der Waals surface area contributed by atoms with Gasteiger partial charge in [-0.2, -0.15) is 0 Å². The summed E-state index contributed by atoms with van der Waals surface area (Å²) < 4.78 is 0. The molecule has 88 valence electrons. The highest BCUT2D eigenvalue weighted by molar-refractivity contribution is 7.17. The molecule has 0 saturated carbocycles. The molecule has 2 N–H and O–H groups in total. The van der Waals surface area contributed by atoms with Crippen molar-refractivity contribution in [3.63, 3.8) is 0 Å². The summed E-state index contributed by atoms with van der Waals surface area (Å²) in [7, 11) is 0. The van der Waals surface area contributed by atoms with Crippen molar-refractivity contribution in [3.8, 4) is 0 Å². The van der Waals surface area contributed by atoms with Gasteiger partial charge < -0.3 is 10.4 Å². The number of halogens is 1. The van der Waals surface area contributed by atoms with E-state index in [-0.39, 0.29) is 4.88 Å². The van der Waals surface area contributed by atoms with E-state index in [0.29, 0.717) is 16.7 Å². The summed E-state index contributed by atoms with van der Waals surface area (Å²) in [5, 5.41) is 13.1. The maximum Gasteiger partial charge on any atom is 0.347 e. The van der Waals surface area contributed by atoms with Crippen LogP contribution in [0.1, 0.15) is 15.2 Å². The highest BCUT2D eigenvalue weighted by Gasteiger charge is 2.07. The van der Waals surface area contributed by atoms with Crippen molar-refractivity contribution in [2.24, 2.45) is 0 Å². The van der Waals surface area contributed by atoms with Gasteiger partial charge >= 0.3 is 5.97 Å². The molecule has 0 spiro atoms. The Bertz CT molecular complexity index is 525. The van der Waals surface area contributed by atoms with Gasteiger partial charge in [-0.3, -0.25) is 0 Å². The van der Waals surface area contributed by atoms with E-state index in [9.17, 15) is 4.79 Å².